The molecule has 0 atom stereocenters. The fourth-order valence-electron chi connectivity index (χ4n) is 4.81. The van der Waals surface area contributed by atoms with Crippen molar-refractivity contribution in [3.05, 3.63) is 52.4 Å². The summed E-state index contributed by atoms with van der Waals surface area (Å²) < 4.78 is 74.6. The minimum atomic E-state index is -4.37. The second kappa shape index (κ2) is 12.3. The molecular weight excluding hydrogens is 578 g/mol. The van der Waals surface area contributed by atoms with Gasteiger partial charge in [0.2, 0.25) is 0 Å². The highest BCUT2D eigenvalue weighted by Crippen LogP contribution is 2.46. The van der Waals surface area contributed by atoms with E-state index in [0.717, 1.165) is 48.6 Å². The van der Waals surface area contributed by atoms with E-state index >= 15 is 4.39 Å². The Bertz CT molecular complexity index is 1530. The maximum absolute atomic E-state index is 16.0. The molecule has 1 aliphatic carbocycles. The summed E-state index contributed by atoms with van der Waals surface area (Å²) >= 11 is 0.918. The lowest BCUT2D eigenvalue weighted by Gasteiger charge is -2.35. The number of sulfonamides is 1. The Balaban J connectivity index is 1.65. The van der Waals surface area contributed by atoms with Crippen LogP contribution in [0, 0.1) is 17.0 Å². The molecule has 0 spiro atoms. The first-order chi connectivity index (χ1) is 19.4. The van der Waals surface area contributed by atoms with Gasteiger partial charge in [0.05, 0.1) is 30.5 Å². The summed E-state index contributed by atoms with van der Waals surface area (Å²) in [7, 11) is -1.67. The molecule has 9 nitrogen and oxygen atoms in total. The Kier molecular flexibility index (Phi) is 9.19. The van der Waals surface area contributed by atoms with E-state index in [4.69, 9.17) is 19.3 Å². The predicted molar refractivity (Wildman–Crippen MR) is 151 cm³/mol. The van der Waals surface area contributed by atoms with Crippen molar-refractivity contribution in [1.29, 1.82) is 0 Å². The van der Waals surface area contributed by atoms with E-state index in [-0.39, 0.29) is 52.3 Å². The Morgan fingerprint density at radius 3 is 2.51 bits per heavy atom. The second-order valence-corrected chi connectivity index (χ2v) is 13.0. The lowest BCUT2D eigenvalue weighted by Crippen LogP contribution is -2.21. The Morgan fingerprint density at radius 2 is 1.88 bits per heavy atom. The summed E-state index contributed by atoms with van der Waals surface area (Å²) in [5.74, 6) is -3.29. The molecule has 0 saturated heterocycles. The molecule has 3 aromatic rings. The summed E-state index contributed by atoms with van der Waals surface area (Å²) in [4.78, 5) is 15.4. The number of thiazole rings is 1. The molecule has 0 radical (unpaired) electrons. The summed E-state index contributed by atoms with van der Waals surface area (Å²) in [6.45, 7) is 4.86. The summed E-state index contributed by atoms with van der Waals surface area (Å²) in [6, 6.07) is 4.98. The van der Waals surface area contributed by atoms with Gasteiger partial charge in [-0.25, -0.2) is 18.6 Å². The van der Waals surface area contributed by atoms with Gasteiger partial charge in [0.1, 0.15) is 23.2 Å². The van der Waals surface area contributed by atoms with Crippen molar-refractivity contribution in [2.45, 2.75) is 50.5 Å². The van der Waals surface area contributed by atoms with Gasteiger partial charge in [0.25, 0.3) is 10.0 Å². The molecule has 1 aliphatic rings. The highest BCUT2D eigenvalue weighted by Gasteiger charge is 2.31. The lowest BCUT2D eigenvalue weighted by molar-refractivity contribution is 0.0691. The van der Waals surface area contributed by atoms with Gasteiger partial charge in [0.15, 0.2) is 16.6 Å². The van der Waals surface area contributed by atoms with Crippen molar-refractivity contribution in [3.63, 3.8) is 0 Å². The number of aromatic nitrogens is 1. The predicted octanol–water partition coefficient (Wildman–Crippen LogP) is 6.30. The molecule has 1 aromatic heterocycles. The van der Waals surface area contributed by atoms with Crippen molar-refractivity contribution in [2.75, 3.05) is 32.2 Å². The molecule has 1 fully saturated rings. The van der Waals surface area contributed by atoms with Crippen molar-refractivity contribution >= 4 is 33.0 Å². The number of hydrogen-bond acceptors (Lipinski definition) is 8. The molecule has 0 amide bonds. The Labute approximate surface area is 241 Å². The third-order valence-electron chi connectivity index (χ3n) is 7.19. The average Bonchev–Trinajstić information content (AvgIpc) is 3.41. The highest BCUT2D eigenvalue weighted by atomic mass is 32.2. The second-order valence-electron chi connectivity index (χ2n) is 10.6. The Hall–Kier alpha value is -3.29. The van der Waals surface area contributed by atoms with E-state index in [0.29, 0.717) is 6.07 Å². The highest BCUT2D eigenvalue weighted by molar-refractivity contribution is 7.92. The number of carbonyl (C=O) groups is 1. The van der Waals surface area contributed by atoms with Crippen molar-refractivity contribution in [1.82, 2.24) is 4.98 Å². The number of anilines is 1. The molecule has 0 aliphatic heterocycles. The maximum atomic E-state index is 16.0. The van der Waals surface area contributed by atoms with Crippen LogP contribution in [0.5, 0.6) is 11.5 Å². The van der Waals surface area contributed by atoms with Crippen LogP contribution in [0.4, 0.5) is 14.5 Å². The number of methoxy groups -OCH3 is 2. The number of nitrogens with one attached hydrogen (secondary N) is 1. The third kappa shape index (κ3) is 6.79. The number of ether oxygens (including phenoxy) is 3. The first-order valence-corrected chi connectivity index (χ1v) is 15.3. The monoisotopic (exact) mass is 610 g/mol. The lowest BCUT2D eigenvalue weighted by atomic mass is 9.71. The topological polar surface area (TPSA) is 124 Å². The summed E-state index contributed by atoms with van der Waals surface area (Å²) in [6.07, 6.45) is 3.81. The zero-order chi connectivity index (χ0) is 29.9. The largest absolute Gasteiger partial charge is 0.495 e. The van der Waals surface area contributed by atoms with Crippen LogP contribution < -0.4 is 14.2 Å². The van der Waals surface area contributed by atoms with Gasteiger partial charge in [-0.3, -0.25) is 4.72 Å². The summed E-state index contributed by atoms with van der Waals surface area (Å²) in [5.41, 5.74) is 0.0856. The average molecular weight is 611 g/mol. The van der Waals surface area contributed by atoms with E-state index in [9.17, 15) is 17.6 Å². The van der Waals surface area contributed by atoms with Gasteiger partial charge >= 0.3 is 5.97 Å². The molecule has 222 valence electrons. The van der Waals surface area contributed by atoms with Gasteiger partial charge in [-0.05, 0) is 49.1 Å². The van der Waals surface area contributed by atoms with Crippen LogP contribution in [0.3, 0.4) is 0 Å². The molecule has 41 heavy (non-hydrogen) atoms. The maximum Gasteiger partial charge on any atom is 0.338 e. The number of benzene rings is 2. The third-order valence-corrected chi connectivity index (χ3v) is 9.47. The normalized spacial score (nSPS) is 15.5. The molecule has 2 N–H and O–H groups in total. The SMILES string of the molecule is COCCOc1c(C2CCC(C)(C)CC2)ccc(-c2nc(S(=O)(=O)Nc3cc(F)c(C(=O)O)cc3OC)cs2)c1F. The van der Waals surface area contributed by atoms with Crippen LogP contribution in [0.25, 0.3) is 10.6 Å². The van der Waals surface area contributed by atoms with Crippen molar-refractivity contribution < 1.29 is 41.3 Å². The van der Waals surface area contributed by atoms with Gasteiger partial charge in [-0.2, -0.15) is 8.42 Å². The molecule has 13 heteroatoms. The zero-order valence-electron chi connectivity index (χ0n) is 23.1. The van der Waals surface area contributed by atoms with Crippen LogP contribution in [-0.4, -0.2) is 51.9 Å². The molecule has 0 bridgehead atoms. The van der Waals surface area contributed by atoms with Gasteiger partial charge < -0.3 is 19.3 Å². The number of nitrogens with zero attached hydrogens (tertiary/aromatic N) is 1. The van der Waals surface area contributed by atoms with Gasteiger partial charge in [0, 0.05) is 24.1 Å². The van der Waals surface area contributed by atoms with Crippen molar-refractivity contribution in [2.24, 2.45) is 5.41 Å². The van der Waals surface area contributed by atoms with Crippen LogP contribution in [0.15, 0.2) is 34.7 Å². The number of carboxylic acids is 1. The number of halogens is 2. The minimum Gasteiger partial charge on any atom is -0.495 e. The molecular formula is C28H32F2N2O7S2. The van der Waals surface area contributed by atoms with E-state index < -0.39 is 38.2 Å². The van der Waals surface area contributed by atoms with E-state index in [2.05, 4.69) is 23.6 Å². The van der Waals surface area contributed by atoms with Crippen LogP contribution in [0.1, 0.15) is 61.4 Å². The first kappa shape index (κ1) is 30.7. The summed E-state index contributed by atoms with van der Waals surface area (Å²) in [5, 5.41) is 10.0. The molecule has 0 unspecified atom stereocenters. The van der Waals surface area contributed by atoms with Crippen LogP contribution in [-0.2, 0) is 14.8 Å². The molecule has 1 saturated carbocycles. The van der Waals surface area contributed by atoms with Crippen molar-refractivity contribution in [3.8, 4) is 22.1 Å². The smallest absolute Gasteiger partial charge is 0.338 e. The van der Waals surface area contributed by atoms with Gasteiger partial charge in [-0.15, -0.1) is 11.3 Å². The van der Waals surface area contributed by atoms with E-state index in [1.807, 2.05) is 6.07 Å². The molecule has 1 heterocycles. The van der Waals surface area contributed by atoms with Crippen LogP contribution >= 0.6 is 11.3 Å². The quantitative estimate of drug-likeness (QED) is 0.242. The number of hydrogen-bond donors (Lipinski definition) is 2. The minimum absolute atomic E-state index is 0.0817. The number of carboxylic acid groups (broad SMARTS) is 1. The fourth-order valence-corrected chi connectivity index (χ4v) is 6.99. The standard InChI is InChI=1S/C28H32F2N2O7S2/c1-28(2)9-7-16(8-10-28)17-5-6-18(24(30)25(17)39-12-11-37-3)26-31-23(15-40-26)41(35,36)32-21-14-20(29)19(27(33)34)13-22(21)38-4/h5-6,13-16,32H,7-12H2,1-4H3,(H,33,34). The molecule has 2 aromatic carbocycles. The molecule has 4 rings (SSSR count). The van der Waals surface area contributed by atoms with E-state index in [1.165, 1.54) is 19.6 Å². The van der Waals surface area contributed by atoms with Gasteiger partial charge in [-0.1, -0.05) is 19.9 Å². The number of rotatable bonds is 11. The first-order valence-electron chi connectivity index (χ1n) is 12.9. The zero-order valence-corrected chi connectivity index (χ0v) is 24.8. The fraction of sp³-hybridized carbons (Fsp3) is 0.429. The Morgan fingerprint density at radius 1 is 1.17 bits per heavy atom. The van der Waals surface area contributed by atoms with E-state index in [1.54, 1.807) is 6.07 Å². The number of aromatic carboxylic acids is 1. The van der Waals surface area contributed by atoms with Crippen LogP contribution in [0.2, 0.25) is 0 Å².